The Bertz CT molecular complexity index is 451. The highest BCUT2D eigenvalue weighted by atomic mass is 16.5. The second-order valence-electron chi connectivity index (χ2n) is 5.05. The monoisotopic (exact) mass is 275 g/mol. The Morgan fingerprint density at radius 3 is 2.70 bits per heavy atom. The zero-order valence-corrected chi connectivity index (χ0v) is 11.5. The van der Waals surface area contributed by atoms with Gasteiger partial charge in [-0.2, -0.15) is 0 Å². The molecular formula is C16H21NO3. The van der Waals surface area contributed by atoms with Gasteiger partial charge in [0.15, 0.2) is 0 Å². The Kier molecular flexibility index (Phi) is 5.18. The fourth-order valence-corrected chi connectivity index (χ4v) is 2.17. The third kappa shape index (κ3) is 4.10. The van der Waals surface area contributed by atoms with Gasteiger partial charge in [0.05, 0.1) is 0 Å². The number of nitrogens with one attached hydrogen (secondary N) is 1. The van der Waals surface area contributed by atoms with E-state index in [1.165, 1.54) is 0 Å². The van der Waals surface area contributed by atoms with Gasteiger partial charge in [0, 0.05) is 18.2 Å². The molecule has 4 heteroatoms. The molecule has 1 aromatic carbocycles. The Labute approximate surface area is 119 Å². The number of hydrogen-bond donors (Lipinski definition) is 2. The minimum atomic E-state index is -0.0920. The summed E-state index contributed by atoms with van der Waals surface area (Å²) < 4.78 is 5.37. The lowest BCUT2D eigenvalue weighted by Gasteiger charge is -2.17. The molecular weight excluding hydrogens is 254 g/mol. The van der Waals surface area contributed by atoms with Gasteiger partial charge in [0.25, 0.3) is 5.91 Å². The average Bonchev–Trinajstić information content (AvgIpc) is 3.29. The molecule has 1 saturated carbocycles. The van der Waals surface area contributed by atoms with E-state index in [0.717, 1.165) is 18.6 Å². The zero-order valence-electron chi connectivity index (χ0n) is 11.5. The number of carbonyl (C=O) groups is 1. The van der Waals surface area contributed by atoms with Crippen LogP contribution in [0.2, 0.25) is 0 Å². The quantitative estimate of drug-likeness (QED) is 0.715. The summed E-state index contributed by atoms with van der Waals surface area (Å²) in [4.78, 5) is 12.1. The number of aliphatic hydroxyl groups excluding tert-OH is 1. The highest BCUT2D eigenvalue weighted by molar-refractivity contribution is 5.94. The molecule has 0 aromatic heterocycles. The third-order valence-corrected chi connectivity index (χ3v) is 3.43. The molecule has 1 amide bonds. The summed E-state index contributed by atoms with van der Waals surface area (Å²) >= 11 is 0. The van der Waals surface area contributed by atoms with Crippen molar-refractivity contribution in [2.75, 3.05) is 13.2 Å². The van der Waals surface area contributed by atoms with Crippen molar-refractivity contribution in [1.82, 2.24) is 5.32 Å². The maximum atomic E-state index is 12.1. The SMILES string of the molecule is C=CCOc1ccc(C(=O)NC(CCO)C2CC2)cc1. The number of hydrogen-bond acceptors (Lipinski definition) is 3. The van der Waals surface area contributed by atoms with Crippen LogP contribution in [0, 0.1) is 5.92 Å². The van der Waals surface area contributed by atoms with Crippen molar-refractivity contribution in [3.63, 3.8) is 0 Å². The van der Waals surface area contributed by atoms with Gasteiger partial charge >= 0.3 is 0 Å². The summed E-state index contributed by atoms with van der Waals surface area (Å²) in [5.41, 5.74) is 0.611. The van der Waals surface area contributed by atoms with Crippen molar-refractivity contribution in [2.45, 2.75) is 25.3 Å². The van der Waals surface area contributed by atoms with Gasteiger partial charge in [0.2, 0.25) is 0 Å². The molecule has 2 rings (SSSR count). The maximum Gasteiger partial charge on any atom is 0.251 e. The molecule has 0 bridgehead atoms. The van der Waals surface area contributed by atoms with Gasteiger partial charge in [-0.25, -0.2) is 0 Å². The first-order valence-corrected chi connectivity index (χ1v) is 7.00. The van der Waals surface area contributed by atoms with Crippen LogP contribution in [0.15, 0.2) is 36.9 Å². The highest BCUT2D eigenvalue weighted by Gasteiger charge is 2.31. The number of ether oxygens (including phenoxy) is 1. The predicted molar refractivity (Wildman–Crippen MR) is 77.8 cm³/mol. The molecule has 1 aliphatic carbocycles. The molecule has 2 N–H and O–H groups in total. The minimum absolute atomic E-state index is 0.0872. The lowest BCUT2D eigenvalue weighted by atomic mass is 10.1. The van der Waals surface area contributed by atoms with Gasteiger partial charge < -0.3 is 15.2 Å². The van der Waals surface area contributed by atoms with E-state index in [1.54, 1.807) is 30.3 Å². The Hall–Kier alpha value is -1.81. The molecule has 1 atom stereocenters. The minimum Gasteiger partial charge on any atom is -0.490 e. The zero-order chi connectivity index (χ0) is 14.4. The molecule has 1 unspecified atom stereocenters. The molecule has 1 fully saturated rings. The average molecular weight is 275 g/mol. The summed E-state index contributed by atoms with van der Waals surface area (Å²) in [6.45, 7) is 4.14. The standard InChI is InChI=1S/C16H21NO3/c1-2-11-20-14-7-5-13(6-8-14)16(19)17-15(9-10-18)12-3-4-12/h2,5-8,12,15,18H,1,3-4,9-11H2,(H,17,19). The summed E-state index contributed by atoms with van der Waals surface area (Å²) in [5.74, 6) is 1.16. The van der Waals surface area contributed by atoms with E-state index in [0.29, 0.717) is 24.5 Å². The smallest absolute Gasteiger partial charge is 0.251 e. The summed E-state index contributed by atoms with van der Waals surface area (Å²) in [6.07, 6.45) is 4.57. The first-order valence-electron chi connectivity index (χ1n) is 7.00. The first kappa shape index (κ1) is 14.6. The maximum absolute atomic E-state index is 12.1. The summed E-state index contributed by atoms with van der Waals surface area (Å²) in [7, 11) is 0. The van der Waals surface area contributed by atoms with Gasteiger partial charge in [0.1, 0.15) is 12.4 Å². The molecule has 0 heterocycles. The number of benzene rings is 1. The van der Waals surface area contributed by atoms with Crippen LogP contribution in [0.4, 0.5) is 0 Å². The molecule has 1 aromatic rings. The number of amides is 1. The molecule has 20 heavy (non-hydrogen) atoms. The fourth-order valence-electron chi connectivity index (χ4n) is 2.17. The van der Waals surface area contributed by atoms with Crippen molar-refractivity contribution >= 4 is 5.91 Å². The largest absolute Gasteiger partial charge is 0.490 e. The van der Waals surface area contributed by atoms with Crippen LogP contribution in [0.25, 0.3) is 0 Å². The van der Waals surface area contributed by atoms with E-state index in [1.807, 2.05) is 0 Å². The van der Waals surface area contributed by atoms with E-state index in [4.69, 9.17) is 9.84 Å². The molecule has 4 nitrogen and oxygen atoms in total. The van der Waals surface area contributed by atoms with E-state index in [-0.39, 0.29) is 18.6 Å². The van der Waals surface area contributed by atoms with E-state index in [2.05, 4.69) is 11.9 Å². The predicted octanol–water partition coefficient (Wildman–Crippen LogP) is 2.14. The topological polar surface area (TPSA) is 58.6 Å². The summed E-state index contributed by atoms with van der Waals surface area (Å²) in [5, 5.41) is 12.0. The van der Waals surface area contributed by atoms with Crippen LogP contribution in [-0.2, 0) is 0 Å². The van der Waals surface area contributed by atoms with E-state index < -0.39 is 0 Å². The van der Waals surface area contributed by atoms with Crippen molar-refractivity contribution in [3.8, 4) is 5.75 Å². The van der Waals surface area contributed by atoms with Gasteiger partial charge in [-0.05, 0) is 49.4 Å². The van der Waals surface area contributed by atoms with Crippen LogP contribution in [0.3, 0.4) is 0 Å². The van der Waals surface area contributed by atoms with Crippen LogP contribution in [0.5, 0.6) is 5.75 Å². The Morgan fingerprint density at radius 2 is 2.15 bits per heavy atom. The third-order valence-electron chi connectivity index (χ3n) is 3.43. The second kappa shape index (κ2) is 7.10. The molecule has 0 radical (unpaired) electrons. The van der Waals surface area contributed by atoms with Crippen LogP contribution >= 0.6 is 0 Å². The van der Waals surface area contributed by atoms with Crippen molar-refractivity contribution in [1.29, 1.82) is 0 Å². The van der Waals surface area contributed by atoms with Crippen molar-refractivity contribution in [3.05, 3.63) is 42.5 Å². The molecule has 0 spiro atoms. The van der Waals surface area contributed by atoms with Gasteiger partial charge in [-0.1, -0.05) is 12.7 Å². The first-order chi connectivity index (χ1) is 9.74. The number of aliphatic hydroxyl groups is 1. The van der Waals surface area contributed by atoms with Crippen LogP contribution in [0.1, 0.15) is 29.6 Å². The van der Waals surface area contributed by atoms with Crippen LogP contribution < -0.4 is 10.1 Å². The Balaban J connectivity index is 1.92. The fraction of sp³-hybridized carbons (Fsp3) is 0.438. The molecule has 1 aliphatic rings. The number of rotatable bonds is 8. The molecule has 108 valence electrons. The second-order valence-corrected chi connectivity index (χ2v) is 5.05. The normalized spacial score (nSPS) is 15.4. The van der Waals surface area contributed by atoms with E-state index in [9.17, 15) is 4.79 Å². The van der Waals surface area contributed by atoms with Gasteiger partial charge in [-0.15, -0.1) is 0 Å². The number of carbonyl (C=O) groups excluding carboxylic acids is 1. The molecule has 0 saturated heterocycles. The van der Waals surface area contributed by atoms with E-state index >= 15 is 0 Å². The summed E-state index contributed by atoms with van der Waals surface area (Å²) in [6, 6.07) is 7.13. The van der Waals surface area contributed by atoms with Crippen LogP contribution in [-0.4, -0.2) is 30.3 Å². The molecule has 0 aliphatic heterocycles. The Morgan fingerprint density at radius 1 is 1.45 bits per heavy atom. The lowest BCUT2D eigenvalue weighted by molar-refractivity contribution is 0.0924. The highest BCUT2D eigenvalue weighted by Crippen LogP contribution is 2.34. The van der Waals surface area contributed by atoms with Gasteiger partial charge in [-0.3, -0.25) is 4.79 Å². The van der Waals surface area contributed by atoms with Crippen molar-refractivity contribution in [2.24, 2.45) is 5.92 Å². The lowest BCUT2D eigenvalue weighted by Crippen LogP contribution is -2.37. The van der Waals surface area contributed by atoms with Crippen molar-refractivity contribution < 1.29 is 14.6 Å².